The van der Waals surface area contributed by atoms with Crippen LogP contribution in [-0.2, 0) is 75.8 Å². The summed E-state index contributed by atoms with van der Waals surface area (Å²) >= 11 is 1.23. The smallest absolute Gasteiger partial charge is 0.187 e. The van der Waals surface area contributed by atoms with Crippen LogP contribution in [0.4, 0.5) is 0 Å². The first-order valence-corrected chi connectivity index (χ1v) is 33.2. The first-order chi connectivity index (χ1) is 46.9. The van der Waals surface area contributed by atoms with Crippen molar-refractivity contribution in [3.8, 4) is 0 Å². The molecule has 0 saturated carbocycles. The predicted octanol–water partition coefficient (Wildman–Crippen LogP) is -13.2. The van der Waals surface area contributed by atoms with Gasteiger partial charge in [0.1, 0.15) is 171 Å². The second-order valence-corrected chi connectivity index (χ2v) is 26.4. The first-order valence-electron chi connectivity index (χ1n) is 32.2. The Balaban J connectivity index is 0.883. The van der Waals surface area contributed by atoms with Crippen molar-refractivity contribution in [3.05, 3.63) is 30.3 Å². The van der Waals surface area contributed by atoms with Gasteiger partial charge in [-0.3, -0.25) is 0 Å². The van der Waals surface area contributed by atoms with Crippen LogP contribution < -0.4 is 0 Å². The van der Waals surface area contributed by atoms with Gasteiger partial charge in [-0.25, -0.2) is 0 Å². The van der Waals surface area contributed by atoms with Crippen LogP contribution in [0.5, 0.6) is 0 Å². The summed E-state index contributed by atoms with van der Waals surface area (Å²) in [5.41, 5.74) is 0. The molecule has 27 aliphatic heterocycles. The van der Waals surface area contributed by atoms with E-state index >= 15 is 0 Å². The second kappa shape index (κ2) is 34.9. The molecule has 0 radical (unpaired) electrons. The van der Waals surface area contributed by atoms with Gasteiger partial charge in [0.05, 0.1) is 64.6 Å². The number of hydrogen-bond acceptors (Lipinski definition) is 40. The lowest BCUT2D eigenvalue weighted by atomic mass is 9.85. The van der Waals surface area contributed by atoms with Crippen LogP contribution in [0.1, 0.15) is 19.3 Å². The third-order valence-electron chi connectivity index (χ3n) is 19.0. The van der Waals surface area contributed by atoms with E-state index in [2.05, 4.69) is 0 Å². The van der Waals surface area contributed by atoms with E-state index in [1.165, 1.54) is 11.8 Å². The van der Waals surface area contributed by atoms with Gasteiger partial charge in [-0.15, -0.1) is 11.8 Å². The highest BCUT2D eigenvalue weighted by molar-refractivity contribution is 7.99. The highest BCUT2D eigenvalue weighted by Crippen LogP contribution is 2.40. The van der Waals surface area contributed by atoms with E-state index in [4.69, 9.17) is 75.8 Å². The molecule has 40 unspecified atom stereocenters. The highest BCUT2D eigenvalue weighted by Gasteiger charge is 2.60. The van der Waals surface area contributed by atoms with Crippen molar-refractivity contribution in [1.29, 1.82) is 0 Å². The molecular weight excluding hydrogens is 1350 g/mol. The van der Waals surface area contributed by atoms with Gasteiger partial charge in [0.2, 0.25) is 0 Å². The van der Waals surface area contributed by atoms with Gasteiger partial charge in [0.15, 0.2) is 50.3 Å². The Morgan fingerprint density at radius 1 is 0.265 bits per heavy atom. The van der Waals surface area contributed by atoms with Crippen molar-refractivity contribution in [1.82, 2.24) is 0 Å². The molecule has 27 saturated heterocycles. The largest absolute Gasteiger partial charge is 0.394 e. The van der Waals surface area contributed by atoms with Crippen LogP contribution in [0.3, 0.4) is 0 Å². The summed E-state index contributed by atoms with van der Waals surface area (Å²) in [5.74, 6) is -1.00. The maximum atomic E-state index is 11.7. The van der Waals surface area contributed by atoms with Crippen molar-refractivity contribution in [2.75, 3.05) is 58.6 Å². The molecule has 1 aromatic carbocycles. The van der Waals surface area contributed by atoms with Gasteiger partial charge in [-0.1, -0.05) is 24.6 Å². The average Bonchev–Trinajstić information content (AvgIpc) is 0.778. The van der Waals surface area contributed by atoms with Gasteiger partial charge in [-0.2, -0.15) is 0 Å². The van der Waals surface area contributed by atoms with Crippen molar-refractivity contribution in [2.45, 2.75) is 264 Å². The number of thioether (sulfide) groups is 1. The molecule has 0 spiro atoms. The molecule has 0 aromatic heterocycles. The topological polar surface area (TPSA) is 613 Å². The maximum absolute atomic E-state index is 11.7. The molecule has 27 heterocycles. The summed E-state index contributed by atoms with van der Waals surface area (Å²) in [6, 6.07) is 8.84. The zero-order chi connectivity index (χ0) is 70.7. The lowest BCUT2D eigenvalue weighted by molar-refractivity contribution is -0.399. The third-order valence-corrected chi connectivity index (χ3v) is 20.1. The normalized spacial score (nSPS) is 51.4. The number of aliphatic hydroxyl groups is 23. The van der Waals surface area contributed by atoms with Crippen molar-refractivity contribution in [3.63, 3.8) is 0 Å². The molecule has 28 rings (SSSR count). The maximum Gasteiger partial charge on any atom is 0.187 e. The van der Waals surface area contributed by atoms with Crippen molar-refractivity contribution in [2.24, 2.45) is 5.92 Å². The molecule has 564 valence electrons. The molecule has 1 aromatic rings. The van der Waals surface area contributed by atoms with Gasteiger partial charge >= 0.3 is 0 Å². The predicted molar refractivity (Wildman–Crippen MR) is 310 cm³/mol. The Labute approximate surface area is 562 Å². The fourth-order valence-electron chi connectivity index (χ4n) is 13.4. The molecule has 40 heteroatoms. The van der Waals surface area contributed by atoms with Crippen LogP contribution in [0.25, 0.3) is 0 Å². The zero-order valence-corrected chi connectivity index (χ0v) is 53.0. The van der Waals surface area contributed by atoms with Gasteiger partial charge < -0.3 is 193 Å². The zero-order valence-electron chi connectivity index (χ0n) is 52.2. The van der Waals surface area contributed by atoms with E-state index < -0.39 is 292 Å². The Bertz CT molecular complexity index is 2540. The van der Waals surface area contributed by atoms with Crippen LogP contribution in [0, 0.1) is 5.92 Å². The third kappa shape index (κ3) is 16.6. The standard InChI is InChI=1S/C58H92O39S/c59-10-20-19-8-4-5-9-82-51-37(75)29(67)50(27(90-51)17-98-18-6-2-1-3-7-18)97-58-43(81)35(73)49(26(16-65)89-58)96-57-42(80)34(72)48(25(15-64)88-57)95-56-41(79)33(71)47(24(14-63)87-56)94-55-40(78)32(70)46(23(13-62)86-55)93-54-39(77)31(69)45(22(12-61)85-54)92-53-38(76)30(68)44(21(11-60)84-53)91-52(83-20)36(74)28(19)66/h1-3,6-7,19-81H,4-5,8-17H2. The Morgan fingerprint density at radius 2 is 0.510 bits per heavy atom. The fourth-order valence-corrected chi connectivity index (χ4v) is 14.4. The van der Waals surface area contributed by atoms with Crippen LogP contribution >= 0.6 is 11.8 Å². The van der Waals surface area contributed by atoms with Gasteiger partial charge in [-0.05, 0) is 25.0 Å². The van der Waals surface area contributed by atoms with Crippen molar-refractivity contribution < 1.29 is 193 Å². The average molecular weight is 1450 g/mol. The molecule has 23 N–H and O–H groups in total. The Kier molecular flexibility index (Phi) is 28.0. The minimum absolute atomic E-state index is 0.00861. The molecular formula is C58H92O39S. The molecule has 0 aliphatic carbocycles. The number of benzene rings is 1. The van der Waals surface area contributed by atoms with Gasteiger partial charge in [0.25, 0.3) is 0 Å². The van der Waals surface area contributed by atoms with Gasteiger partial charge in [0, 0.05) is 23.2 Å². The Hall–Kier alpha value is -1.99. The lowest BCUT2D eigenvalue weighted by Crippen LogP contribution is -2.68. The van der Waals surface area contributed by atoms with Crippen molar-refractivity contribution >= 4 is 11.8 Å². The summed E-state index contributed by atoms with van der Waals surface area (Å²) < 4.78 is 93.4. The molecule has 27 fully saturated rings. The summed E-state index contributed by atoms with van der Waals surface area (Å²) in [7, 11) is 0. The number of ether oxygens (including phenoxy) is 16. The summed E-state index contributed by atoms with van der Waals surface area (Å²) in [6.45, 7) is -7.17. The molecule has 0 amide bonds. The summed E-state index contributed by atoms with van der Waals surface area (Å²) in [6.07, 6.45) is -74.4. The molecule has 16 bridgehead atoms. The van der Waals surface area contributed by atoms with E-state index in [0.717, 1.165) is 4.90 Å². The van der Waals surface area contributed by atoms with Crippen LogP contribution in [-0.4, -0.2) is 416 Å². The summed E-state index contributed by atoms with van der Waals surface area (Å²) in [4.78, 5) is 0.727. The number of rotatable bonds is 10. The fraction of sp³-hybridized carbons (Fsp3) is 0.897. The minimum atomic E-state index is -2.25. The summed E-state index contributed by atoms with van der Waals surface area (Å²) in [5, 5.41) is 257. The Morgan fingerprint density at radius 3 is 0.796 bits per heavy atom. The van der Waals surface area contributed by atoms with E-state index in [0.29, 0.717) is 0 Å². The van der Waals surface area contributed by atoms with Crippen LogP contribution in [0.15, 0.2) is 35.2 Å². The second-order valence-electron chi connectivity index (χ2n) is 25.3. The molecule has 40 atom stereocenters. The first kappa shape index (κ1) is 78.6. The van der Waals surface area contributed by atoms with E-state index in [1.807, 2.05) is 0 Å². The monoisotopic (exact) mass is 1440 g/mol. The lowest BCUT2D eigenvalue weighted by Gasteiger charge is -2.50. The number of aliphatic hydroxyl groups excluding tert-OH is 23. The molecule has 98 heavy (non-hydrogen) atoms. The molecule has 27 aliphatic rings. The van der Waals surface area contributed by atoms with E-state index in [-0.39, 0.29) is 31.6 Å². The highest BCUT2D eigenvalue weighted by atomic mass is 32.2. The SMILES string of the molecule is OCC1OC2OC3C(CO)OC(OC4C(CO)OC(OC5C(CO)OC(OC6C(CO)OC(OC7C(CO)OC(OC8C(CO)OC(OC9C(CSc%10ccccc%10)OC(OCCCCC1C(O)C2O)C(O)C9O)C(O)C8O)C(O)C7O)C(O)C6O)C(O)C5O)C(O)C4O)C(O)C3O. The van der Waals surface area contributed by atoms with E-state index in [1.54, 1.807) is 30.3 Å². The van der Waals surface area contributed by atoms with E-state index in [9.17, 15) is 117 Å². The number of hydrogen-bond donors (Lipinski definition) is 23. The van der Waals surface area contributed by atoms with Crippen LogP contribution in [0.2, 0.25) is 0 Å². The minimum Gasteiger partial charge on any atom is -0.394 e. The quantitative estimate of drug-likeness (QED) is 0.0967. The molecule has 39 nitrogen and oxygen atoms in total.